The third kappa shape index (κ3) is 9.38. The fraction of sp³-hybridized carbons (Fsp3) is 0.486. The summed E-state index contributed by atoms with van der Waals surface area (Å²) in [5, 5.41) is 33.8. The minimum Gasteiger partial charge on any atom is -0.388 e. The van der Waals surface area contributed by atoms with Crippen molar-refractivity contribution in [1.29, 1.82) is 0 Å². The Morgan fingerprint density at radius 3 is 2.16 bits per heavy atom. The second-order valence-electron chi connectivity index (χ2n) is 13.3. The maximum atomic E-state index is 12.8. The van der Waals surface area contributed by atoms with Crippen LogP contribution >= 0.6 is 0 Å². The number of hydrogen-bond acceptors (Lipinski definition) is 10. The van der Waals surface area contributed by atoms with Gasteiger partial charge in [-0.3, -0.25) is 14.3 Å². The van der Waals surface area contributed by atoms with Crippen molar-refractivity contribution in [3.05, 3.63) is 83.9 Å². The summed E-state index contributed by atoms with van der Waals surface area (Å²) in [4.78, 5) is 41.6. The van der Waals surface area contributed by atoms with E-state index < -0.39 is 24.5 Å². The van der Waals surface area contributed by atoms with E-state index in [0.29, 0.717) is 61.1 Å². The van der Waals surface area contributed by atoms with Gasteiger partial charge in [0.2, 0.25) is 5.91 Å². The molecule has 14 nitrogen and oxygen atoms in total. The van der Waals surface area contributed by atoms with Gasteiger partial charge in [-0.25, -0.2) is 19.7 Å². The molecule has 3 heterocycles. The molecule has 2 aromatic heterocycles. The lowest BCUT2D eigenvalue weighted by Gasteiger charge is -2.30. The van der Waals surface area contributed by atoms with E-state index in [0.717, 1.165) is 11.1 Å². The molecule has 0 spiro atoms. The number of aliphatic hydroxyl groups excluding tert-OH is 2. The molecule has 6 N–H and O–H groups in total. The number of carbonyl (C=O) groups excluding carboxylic acids is 2. The highest BCUT2D eigenvalue weighted by atomic mass is 16.6. The van der Waals surface area contributed by atoms with E-state index in [1.54, 1.807) is 6.92 Å². The second kappa shape index (κ2) is 17.5. The number of fused-ring (bicyclic) bond motifs is 1. The van der Waals surface area contributed by atoms with Gasteiger partial charge in [0.25, 0.3) is 0 Å². The highest BCUT2D eigenvalue weighted by Crippen LogP contribution is 2.34. The fourth-order valence-corrected chi connectivity index (χ4v) is 6.56. The number of aromatic nitrogens is 4. The van der Waals surface area contributed by atoms with Crippen LogP contribution in [-0.2, 0) is 16.1 Å². The number of urea groups is 1. The van der Waals surface area contributed by atoms with Crippen molar-refractivity contribution in [2.24, 2.45) is 0 Å². The molecule has 1 aliphatic heterocycles. The molecule has 0 radical (unpaired) electrons. The van der Waals surface area contributed by atoms with Crippen LogP contribution in [0.3, 0.4) is 0 Å². The number of ether oxygens (including phenoxy) is 1. The topological polar surface area (TPSA) is 179 Å². The van der Waals surface area contributed by atoms with Gasteiger partial charge in [0.05, 0.1) is 25.4 Å². The van der Waals surface area contributed by atoms with Crippen LogP contribution in [0.25, 0.3) is 11.2 Å². The van der Waals surface area contributed by atoms with Gasteiger partial charge in [0, 0.05) is 44.2 Å². The van der Waals surface area contributed by atoms with Gasteiger partial charge >= 0.3 is 6.03 Å². The summed E-state index contributed by atoms with van der Waals surface area (Å²) in [6.07, 6.45) is -3.30. The Labute approximate surface area is 299 Å². The van der Waals surface area contributed by atoms with Gasteiger partial charge in [-0.15, -0.1) is 0 Å². The average molecular weight is 702 g/mol. The zero-order chi connectivity index (χ0) is 36.5. The summed E-state index contributed by atoms with van der Waals surface area (Å²) in [6, 6.07) is 20.7. The molecule has 4 aromatic rings. The van der Waals surface area contributed by atoms with Gasteiger partial charge < -0.3 is 36.2 Å². The molecule has 0 aliphatic carbocycles. The summed E-state index contributed by atoms with van der Waals surface area (Å²) in [7, 11) is 0. The van der Waals surface area contributed by atoms with E-state index in [1.165, 1.54) is 10.9 Å². The average Bonchev–Trinajstić information content (AvgIpc) is 3.66. The Bertz CT molecular complexity index is 1670. The number of hydrogen-bond donors (Lipinski definition) is 6. The van der Waals surface area contributed by atoms with Crippen molar-refractivity contribution < 1.29 is 24.5 Å². The van der Waals surface area contributed by atoms with E-state index in [-0.39, 0.29) is 30.8 Å². The van der Waals surface area contributed by atoms with E-state index >= 15 is 0 Å². The lowest BCUT2D eigenvalue weighted by Crippen LogP contribution is -2.44. The quantitative estimate of drug-likeness (QED) is 0.102. The number of rotatable bonds is 16. The Morgan fingerprint density at radius 1 is 0.902 bits per heavy atom. The molecule has 51 heavy (non-hydrogen) atoms. The van der Waals surface area contributed by atoms with Crippen LogP contribution in [0, 0.1) is 0 Å². The number of anilines is 1. The van der Waals surface area contributed by atoms with Crippen LogP contribution in [0.2, 0.25) is 0 Å². The molecule has 0 bridgehead atoms. The first-order valence-electron chi connectivity index (χ1n) is 17.7. The number of benzene rings is 2. The molecule has 1 saturated heterocycles. The Hall–Kier alpha value is -4.63. The third-order valence-electron chi connectivity index (χ3n) is 9.11. The van der Waals surface area contributed by atoms with Crippen molar-refractivity contribution in [3.63, 3.8) is 0 Å². The lowest BCUT2D eigenvalue weighted by atomic mass is 9.91. The van der Waals surface area contributed by atoms with Crippen molar-refractivity contribution >= 4 is 28.9 Å². The smallest absolute Gasteiger partial charge is 0.315 e. The number of carbonyl (C=O) groups is 2. The summed E-state index contributed by atoms with van der Waals surface area (Å²) >= 11 is 0. The molecule has 3 amide bonds. The summed E-state index contributed by atoms with van der Waals surface area (Å²) < 4.78 is 7.58. The molecule has 0 unspecified atom stereocenters. The third-order valence-corrected chi connectivity index (χ3v) is 9.11. The molecule has 14 heteroatoms. The summed E-state index contributed by atoms with van der Waals surface area (Å²) in [6.45, 7) is 12.4. The molecular formula is C37H51N9O5. The minimum absolute atomic E-state index is 0.0109. The van der Waals surface area contributed by atoms with Gasteiger partial charge in [0.15, 0.2) is 29.0 Å². The zero-order valence-electron chi connectivity index (χ0n) is 30.0. The first-order chi connectivity index (χ1) is 24.6. The van der Waals surface area contributed by atoms with Crippen molar-refractivity contribution in [1.82, 2.24) is 40.4 Å². The van der Waals surface area contributed by atoms with Crippen LogP contribution in [0.15, 0.2) is 67.0 Å². The standard InChI is InChI=1S/C37H51N9O5/c1-6-38-30(47)19-28-32(48)33(49)36(51-28)46-22-42-31-34(40-20-27(25-13-9-7-10-14-25)26-15-11-8-12-16-26)43-29(44-35(31)46)21-41-37(50)39-17-18-45(23(2)3)24(4)5/h7-16,22-24,27-28,32-33,36,48-49H,6,17-21H2,1-5H3,(H,38,47)(H2,39,41,50)(H,40,43,44)/t28-,32+,33+,36+/m0/s1. The van der Waals surface area contributed by atoms with Crippen LogP contribution in [0.4, 0.5) is 10.6 Å². The monoisotopic (exact) mass is 701 g/mol. The van der Waals surface area contributed by atoms with Gasteiger partial charge in [-0.1, -0.05) is 60.7 Å². The SMILES string of the molecule is CCNC(=O)C[C@@H]1O[C@@H](n2cnc3c(NCC(c4ccccc4)c4ccccc4)nc(CNC(=O)NCCN(C(C)C)C(C)C)nc32)[C@H](O)[C@@H]1O. The fourth-order valence-electron chi connectivity index (χ4n) is 6.56. The van der Waals surface area contributed by atoms with Gasteiger partial charge in [-0.2, -0.15) is 0 Å². The van der Waals surface area contributed by atoms with Crippen molar-refractivity contribution in [3.8, 4) is 0 Å². The molecule has 2 aromatic carbocycles. The first kappa shape index (κ1) is 37.6. The normalized spacial score (nSPS) is 19.0. The van der Waals surface area contributed by atoms with Crippen LogP contribution in [0.5, 0.6) is 0 Å². The number of aliphatic hydroxyl groups is 2. The lowest BCUT2D eigenvalue weighted by molar-refractivity contribution is -0.125. The Morgan fingerprint density at radius 2 is 1.55 bits per heavy atom. The van der Waals surface area contributed by atoms with E-state index in [2.05, 4.69) is 83.1 Å². The van der Waals surface area contributed by atoms with Crippen LogP contribution in [-0.4, -0.2) is 103 Å². The Kier molecular flexibility index (Phi) is 12.9. The molecule has 1 aliphatic rings. The van der Waals surface area contributed by atoms with Gasteiger partial charge in [0.1, 0.15) is 12.2 Å². The predicted molar refractivity (Wildman–Crippen MR) is 195 cm³/mol. The maximum absolute atomic E-state index is 12.8. The molecule has 4 atom stereocenters. The first-order valence-corrected chi connectivity index (χ1v) is 17.7. The number of imidazole rings is 1. The summed E-state index contributed by atoms with van der Waals surface area (Å²) in [5.74, 6) is 0.422. The highest BCUT2D eigenvalue weighted by Gasteiger charge is 2.45. The Balaban J connectivity index is 1.41. The van der Waals surface area contributed by atoms with Crippen LogP contribution < -0.4 is 21.3 Å². The van der Waals surface area contributed by atoms with E-state index in [9.17, 15) is 19.8 Å². The zero-order valence-corrected chi connectivity index (χ0v) is 30.0. The number of nitrogens with one attached hydrogen (secondary N) is 4. The molecule has 274 valence electrons. The second-order valence-corrected chi connectivity index (χ2v) is 13.3. The predicted octanol–water partition coefficient (Wildman–Crippen LogP) is 3.13. The maximum Gasteiger partial charge on any atom is 0.315 e. The highest BCUT2D eigenvalue weighted by molar-refractivity contribution is 5.83. The largest absolute Gasteiger partial charge is 0.388 e. The van der Waals surface area contributed by atoms with Crippen molar-refractivity contribution in [2.75, 3.05) is 31.5 Å². The van der Waals surface area contributed by atoms with Crippen molar-refractivity contribution in [2.45, 2.75) is 90.1 Å². The summed E-state index contributed by atoms with van der Waals surface area (Å²) in [5.41, 5.74) is 2.99. The molecular weight excluding hydrogens is 650 g/mol. The number of amides is 3. The number of nitrogens with zero attached hydrogens (tertiary/aromatic N) is 5. The molecule has 5 rings (SSSR count). The van der Waals surface area contributed by atoms with E-state index in [1.807, 2.05) is 36.4 Å². The molecule has 1 fully saturated rings. The molecule has 0 saturated carbocycles. The van der Waals surface area contributed by atoms with E-state index in [4.69, 9.17) is 14.7 Å². The van der Waals surface area contributed by atoms with Crippen LogP contribution in [0.1, 0.15) is 70.1 Å². The minimum atomic E-state index is -1.35. The van der Waals surface area contributed by atoms with Gasteiger partial charge in [-0.05, 0) is 45.7 Å².